The standard InChI is InChI=1S/C13H17N2/c1-10(2)11(3)8-12-9-15-7-5-4-6-13(15)14-12/h4-7,9-10,12H,3,8H2,1-2H3/q+1. The quantitative estimate of drug-likeness (QED) is 0.522. The van der Waals surface area contributed by atoms with Crippen LogP contribution in [-0.2, 0) is 0 Å². The summed E-state index contributed by atoms with van der Waals surface area (Å²) in [7, 11) is 0. The molecule has 1 aliphatic heterocycles. The van der Waals surface area contributed by atoms with Gasteiger partial charge in [-0.05, 0) is 12.0 Å². The van der Waals surface area contributed by atoms with Gasteiger partial charge in [0.15, 0.2) is 6.04 Å². The lowest BCUT2D eigenvalue weighted by Crippen LogP contribution is -2.32. The summed E-state index contributed by atoms with van der Waals surface area (Å²) in [4.78, 5) is 4.62. The van der Waals surface area contributed by atoms with Crippen LogP contribution < -0.4 is 9.73 Å². The molecule has 0 saturated heterocycles. The fraction of sp³-hybridized carbons (Fsp3) is 0.385. The number of aromatic nitrogens is 1. The van der Waals surface area contributed by atoms with E-state index in [1.54, 1.807) is 0 Å². The minimum absolute atomic E-state index is 0.266. The van der Waals surface area contributed by atoms with E-state index >= 15 is 0 Å². The molecule has 0 fully saturated rings. The van der Waals surface area contributed by atoms with Crippen LogP contribution in [0.15, 0.2) is 41.5 Å². The van der Waals surface area contributed by atoms with Gasteiger partial charge in [-0.2, -0.15) is 0 Å². The van der Waals surface area contributed by atoms with Gasteiger partial charge in [-0.1, -0.05) is 37.1 Å². The molecule has 15 heavy (non-hydrogen) atoms. The van der Waals surface area contributed by atoms with Gasteiger partial charge in [0.25, 0.3) is 0 Å². The van der Waals surface area contributed by atoms with Crippen molar-refractivity contribution in [2.45, 2.75) is 26.3 Å². The van der Waals surface area contributed by atoms with E-state index in [1.165, 1.54) is 5.57 Å². The van der Waals surface area contributed by atoms with E-state index in [2.05, 4.69) is 35.9 Å². The van der Waals surface area contributed by atoms with Crippen LogP contribution in [0.1, 0.15) is 20.3 Å². The molecular formula is C13H17N2+. The Bertz CT molecular complexity index is 451. The molecule has 2 rings (SSSR count). The SMILES string of the molecule is C=C(CC1C=[n+]2ccccc2=N1)C(C)C. The second-order valence-electron chi connectivity index (χ2n) is 4.33. The molecular weight excluding hydrogens is 184 g/mol. The zero-order valence-electron chi connectivity index (χ0n) is 9.35. The summed E-state index contributed by atoms with van der Waals surface area (Å²) in [6.45, 7) is 8.45. The van der Waals surface area contributed by atoms with Gasteiger partial charge in [0.1, 0.15) is 6.21 Å². The van der Waals surface area contributed by atoms with Crippen LogP contribution in [0.3, 0.4) is 0 Å². The highest BCUT2D eigenvalue weighted by Gasteiger charge is 2.19. The number of nitrogens with zero attached hydrogens (tertiary/aromatic N) is 2. The molecule has 0 aromatic carbocycles. The summed E-state index contributed by atoms with van der Waals surface area (Å²) >= 11 is 0. The van der Waals surface area contributed by atoms with Crippen molar-refractivity contribution < 1.29 is 4.24 Å². The van der Waals surface area contributed by atoms with Crippen LogP contribution in [0.2, 0.25) is 0 Å². The van der Waals surface area contributed by atoms with E-state index in [9.17, 15) is 0 Å². The van der Waals surface area contributed by atoms with E-state index in [1.807, 2.05) is 24.4 Å². The molecule has 1 aliphatic rings. The van der Waals surface area contributed by atoms with Gasteiger partial charge in [0.2, 0.25) is 0 Å². The molecule has 1 aromatic rings. The fourth-order valence-electron chi connectivity index (χ4n) is 1.67. The molecule has 0 saturated carbocycles. The first-order chi connectivity index (χ1) is 7.16. The van der Waals surface area contributed by atoms with Gasteiger partial charge >= 0.3 is 5.49 Å². The zero-order valence-corrected chi connectivity index (χ0v) is 9.35. The third kappa shape index (κ3) is 2.14. The third-order valence-corrected chi connectivity index (χ3v) is 2.79. The second-order valence-corrected chi connectivity index (χ2v) is 4.33. The molecule has 2 heteroatoms. The largest absolute Gasteiger partial charge is 0.322 e. The fourth-order valence-corrected chi connectivity index (χ4v) is 1.67. The van der Waals surface area contributed by atoms with E-state index in [-0.39, 0.29) is 6.04 Å². The minimum atomic E-state index is 0.266. The molecule has 1 unspecified atom stereocenters. The molecule has 0 N–H and O–H groups in total. The first kappa shape index (κ1) is 10.1. The van der Waals surface area contributed by atoms with Crippen LogP contribution in [-0.4, -0.2) is 6.04 Å². The maximum Gasteiger partial charge on any atom is 0.322 e. The Morgan fingerprint density at radius 3 is 3.00 bits per heavy atom. The number of rotatable bonds is 3. The second kappa shape index (κ2) is 3.97. The molecule has 0 spiro atoms. The number of pyridine rings is 1. The molecule has 0 bridgehead atoms. The summed E-state index contributed by atoms with van der Waals surface area (Å²) < 4.78 is 2.08. The van der Waals surface area contributed by atoms with Crippen molar-refractivity contribution >= 4 is 0 Å². The Morgan fingerprint density at radius 1 is 1.53 bits per heavy atom. The maximum atomic E-state index is 4.62. The van der Waals surface area contributed by atoms with Gasteiger partial charge in [-0.25, -0.2) is 4.24 Å². The first-order valence-electron chi connectivity index (χ1n) is 5.40. The van der Waals surface area contributed by atoms with Crippen LogP contribution in [0.4, 0.5) is 0 Å². The average Bonchev–Trinajstić information content (AvgIpc) is 2.59. The lowest BCUT2D eigenvalue weighted by molar-refractivity contribution is -0.523. The van der Waals surface area contributed by atoms with Crippen molar-refractivity contribution in [2.24, 2.45) is 10.9 Å². The molecule has 2 nitrogen and oxygen atoms in total. The predicted molar refractivity (Wildman–Crippen MR) is 59.9 cm³/mol. The Kier molecular flexibility index (Phi) is 2.67. The molecule has 0 radical (unpaired) electrons. The zero-order chi connectivity index (χ0) is 10.8. The van der Waals surface area contributed by atoms with Crippen LogP contribution in [0, 0.1) is 12.1 Å². The molecule has 0 amide bonds. The predicted octanol–water partition coefficient (Wildman–Crippen LogP) is 1.59. The average molecular weight is 201 g/mol. The third-order valence-electron chi connectivity index (χ3n) is 2.79. The summed E-state index contributed by atoms with van der Waals surface area (Å²) in [5.41, 5.74) is 2.31. The lowest BCUT2D eigenvalue weighted by Gasteiger charge is -2.07. The van der Waals surface area contributed by atoms with Crippen molar-refractivity contribution in [3.05, 3.63) is 48.3 Å². The minimum Gasteiger partial charge on any atom is -0.203 e. The highest BCUT2D eigenvalue weighted by Crippen LogP contribution is 2.15. The monoisotopic (exact) mass is 201 g/mol. The topological polar surface area (TPSA) is 18.3 Å². The summed E-state index contributed by atoms with van der Waals surface area (Å²) in [5, 5.41) is 0. The van der Waals surface area contributed by atoms with Crippen molar-refractivity contribution in [1.82, 2.24) is 0 Å². The Labute approximate surface area is 90.3 Å². The van der Waals surface area contributed by atoms with Gasteiger partial charge in [0, 0.05) is 12.5 Å². The highest BCUT2D eigenvalue weighted by molar-refractivity contribution is 5.02. The maximum absolute atomic E-state index is 4.62. The van der Waals surface area contributed by atoms with E-state index in [4.69, 9.17) is 0 Å². The van der Waals surface area contributed by atoms with Crippen molar-refractivity contribution in [3.63, 3.8) is 0 Å². The van der Waals surface area contributed by atoms with Gasteiger partial charge < -0.3 is 0 Å². The molecule has 1 aromatic heterocycles. The Balaban J connectivity index is 2.18. The molecule has 0 aliphatic carbocycles. The van der Waals surface area contributed by atoms with Gasteiger partial charge in [-0.3, -0.25) is 0 Å². The number of hydrogen-bond donors (Lipinski definition) is 0. The number of hydrogen-bond acceptors (Lipinski definition) is 1. The van der Waals surface area contributed by atoms with Crippen molar-refractivity contribution in [1.29, 1.82) is 0 Å². The normalized spacial score (nSPS) is 18.2. The lowest BCUT2D eigenvalue weighted by atomic mass is 9.99. The summed E-state index contributed by atoms with van der Waals surface area (Å²) in [5.74, 6) is 0.544. The highest BCUT2D eigenvalue weighted by atomic mass is 15.0. The molecule has 2 heterocycles. The van der Waals surface area contributed by atoms with Crippen molar-refractivity contribution in [3.8, 4) is 0 Å². The smallest absolute Gasteiger partial charge is 0.203 e. The summed E-state index contributed by atoms with van der Waals surface area (Å²) in [6.07, 6.45) is 5.15. The van der Waals surface area contributed by atoms with Crippen LogP contribution >= 0.6 is 0 Å². The van der Waals surface area contributed by atoms with E-state index in [0.717, 1.165) is 11.9 Å². The first-order valence-corrected chi connectivity index (χ1v) is 5.40. The van der Waals surface area contributed by atoms with E-state index in [0.29, 0.717) is 5.92 Å². The van der Waals surface area contributed by atoms with Crippen LogP contribution in [0.5, 0.6) is 0 Å². The van der Waals surface area contributed by atoms with Gasteiger partial charge in [-0.15, -0.1) is 0 Å². The van der Waals surface area contributed by atoms with Crippen LogP contribution in [0.25, 0.3) is 0 Å². The number of fused-ring (bicyclic) bond motifs is 1. The molecule has 78 valence electrons. The molecule has 1 atom stereocenters. The van der Waals surface area contributed by atoms with Crippen molar-refractivity contribution in [2.75, 3.05) is 0 Å². The van der Waals surface area contributed by atoms with Gasteiger partial charge in [0.05, 0.1) is 6.20 Å². The Hall–Kier alpha value is -1.44. The van der Waals surface area contributed by atoms with E-state index < -0.39 is 0 Å². The Morgan fingerprint density at radius 2 is 2.33 bits per heavy atom. The summed E-state index contributed by atoms with van der Waals surface area (Å²) in [6, 6.07) is 6.34.